The molecule has 1 fully saturated rings. The molecule has 0 N–H and O–H groups in total. The van der Waals surface area contributed by atoms with E-state index in [4.69, 9.17) is 18.9 Å². The first-order valence-electron chi connectivity index (χ1n) is 16.0. The average molecular weight is 634 g/mol. The average Bonchev–Trinajstić information content (AvgIpc) is 3.53. The molecule has 1 aromatic heterocycles. The Bertz CT molecular complexity index is 1880. The van der Waals surface area contributed by atoms with Gasteiger partial charge in [-0.3, -0.25) is 19.6 Å². The van der Waals surface area contributed by atoms with Crippen LogP contribution < -0.4 is 18.9 Å². The molecule has 1 atom stereocenters. The summed E-state index contributed by atoms with van der Waals surface area (Å²) < 4.78 is 23.2. The molecule has 2 aliphatic heterocycles. The SMILES string of the molecule is CCc1c(C(=O)/C=C/c2ccc(OCCCOc3cc4c(cc3OC)C(=O)N3CCC[C@H]3C=N4)c(OC)c2)c(C)nc2ccccc12. The second-order valence-corrected chi connectivity index (χ2v) is 11.6. The first-order chi connectivity index (χ1) is 22.9. The number of para-hydroxylation sites is 1. The van der Waals surface area contributed by atoms with Gasteiger partial charge in [0.2, 0.25) is 0 Å². The van der Waals surface area contributed by atoms with E-state index in [2.05, 4.69) is 16.9 Å². The molecule has 0 spiro atoms. The topological polar surface area (TPSA) is 99.6 Å². The first kappa shape index (κ1) is 31.8. The third kappa shape index (κ3) is 6.56. The van der Waals surface area contributed by atoms with Gasteiger partial charge in [0.25, 0.3) is 5.91 Å². The lowest BCUT2D eigenvalue weighted by Crippen LogP contribution is -2.35. The third-order valence-corrected chi connectivity index (χ3v) is 8.66. The van der Waals surface area contributed by atoms with Crippen LogP contribution in [-0.2, 0) is 6.42 Å². The fraction of sp³-hybridized carbons (Fsp3) is 0.316. The molecule has 4 aromatic rings. The van der Waals surface area contributed by atoms with Crippen molar-refractivity contribution in [3.05, 3.63) is 88.6 Å². The van der Waals surface area contributed by atoms with Crippen LogP contribution in [0.1, 0.15) is 63.7 Å². The van der Waals surface area contributed by atoms with Gasteiger partial charge in [0, 0.05) is 41.9 Å². The molecule has 9 nitrogen and oxygen atoms in total. The second-order valence-electron chi connectivity index (χ2n) is 11.6. The molecule has 2 aliphatic rings. The zero-order chi connectivity index (χ0) is 32.9. The normalized spacial score (nSPS) is 15.4. The Morgan fingerprint density at radius 1 is 0.979 bits per heavy atom. The van der Waals surface area contributed by atoms with Gasteiger partial charge >= 0.3 is 0 Å². The smallest absolute Gasteiger partial charge is 0.256 e. The molecule has 1 amide bonds. The number of rotatable bonds is 12. The standard InChI is InChI=1S/C38H39N3O6/c1-5-27-28-11-6-7-12-30(28)40-24(2)37(27)32(42)15-13-25-14-16-33(34(20-25)44-3)46-18-9-19-47-36-22-31-29(21-35(36)45-4)38(43)41-17-8-10-26(41)23-39-31/h6-7,11-16,20-23,26H,5,8-10,17-19H2,1-4H3/b15-13+/t26-/m0/s1. The van der Waals surface area contributed by atoms with E-state index in [-0.39, 0.29) is 17.7 Å². The highest BCUT2D eigenvalue weighted by Crippen LogP contribution is 2.38. The minimum atomic E-state index is -0.0817. The summed E-state index contributed by atoms with van der Waals surface area (Å²) in [7, 11) is 3.15. The molecule has 6 rings (SSSR count). The summed E-state index contributed by atoms with van der Waals surface area (Å²) in [4.78, 5) is 37.6. The molecule has 9 heteroatoms. The molecular formula is C38H39N3O6. The molecule has 0 saturated carbocycles. The van der Waals surface area contributed by atoms with E-state index in [9.17, 15) is 9.59 Å². The number of methoxy groups -OCH3 is 2. The molecule has 47 heavy (non-hydrogen) atoms. The molecule has 0 unspecified atom stereocenters. The summed E-state index contributed by atoms with van der Waals surface area (Å²) >= 11 is 0. The molecule has 242 valence electrons. The number of benzene rings is 3. The number of amides is 1. The van der Waals surface area contributed by atoms with Gasteiger partial charge in [0.05, 0.1) is 50.2 Å². The van der Waals surface area contributed by atoms with Crippen LogP contribution in [0.4, 0.5) is 5.69 Å². The largest absolute Gasteiger partial charge is 0.493 e. The number of aromatic nitrogens is 1. The number of hydrogen-bond acceptors (Lipinski definition) is 8. The van der Waals surface area contributed by atoms with Gasteiger partial charge in [-0.1, -0.05) is 37.3 Å². The number of fused-ring (bicyclic) bond motifs is 3. The van der Waals surface area contributed by atoms with E-state index in [0.29, 0.717) is 59.4 Å². The maximum atomic E-state index is 13.3. The van der Waals surface area contributed by atoms with Gasteiger partial charge < -0.3 is 23.8 Å². The summed E-state index contributed by atoms with van der Waals surface area (Å²) in [6.45, 7) is 5.44. The van der Waals surface area contributed by atoms with Gasteiger partial charge in [-0.15, -0.1) is 0 Å². The molecule has 0 radical (unpaired) electrons. The zero-order valence-electron chi connectivity index (χ0n) is 27.2. The molecular weight excluding hydrogens is 594 g/mol. The van der Waals surface area contributed by atoms with Crippen molar-refractivity contribution in [1.29, 1.82) is 0 Å². The number of aryl methyl sites for hydroxylation is 2. The maximum absolute atomic E-state index is 13.3. The van der Waals surface area contributed by atoms with Crippen LogP contribution >= 0.6 is 0 Å². The van der Waals surface area contributed by atoms with Crippen molar-refractivity contribution in [2.45, 2.75) is 45.6 Å². The van der Waals surface area contributed by atoms with Crippen LogP contribution in [0.2, 0.25) is 0 Å². The minimum Gasteiger partial charge on any atom is -0.493 e. The number of aliphatic imine (C=N–C) groups is 1. The fourth-order valence-electron chi connectivity index (χ4n) is 6.32. The number of pyridine rings is 1. The lowest BCUT2D eigenvalue weighted by molar-refractivity contribution is 0.0774. The van der Waals surface area contributed by atoms with E-state index < -0.39 is 0 Å². The van der Waals surface area contributed by atoms with Crippen molar-refractivity contribution in [3.63, 3.8) is 0 Å². The summed E-state index contributed by atoms with van der Waals surface area (Å²) in [6.07, 6.45) is 8.47. The molecule has 0 aliphatic carbocycles. The summed E-state index contributed by atoms with van der Waals surface area (Å²) in [5.74, 6) is 2.07. The van der Waals surface area contributed by atoms with Crippen LogP contribution in [0.5, 0.6) is 23.0 Å². The Morgan fingerprint density at radius 2 is 1.74 bits per heavy atom. The second kappa shape index (κ2) is 14.1. The maximum Gasteiger partial charge on any atom is 0.256 e. The Hall–Kier alpha value is -5.18. The van der Waals surface area contributed by atoms with Crippen molar-refractivity contribution in [2.24, 2.45) is 4.99 Å². The number of ether oxygens (including phenoxy) is 4. The Morgan fingerprint density at radius 3 is 2.53 bits per heavy atom. The first-order valence-corrected chi connectivity index (χ1v) is 16.0. The predicted molar refractivity (Wildman–Crippen MR) is 183 cm³/mol. The number of allylic oxidation sites excluding steroid dienone is 1. The van der Waals surface area contributed by atoms with E-state index in [1.54, 1.807) is 38.5 Å². The predicted octanol–water partition coefficient (Wildman–Crippen LogP) is 7.19. The van der Waals surface area contributed by atoms with Crippen LogP contribution in [0, 0.1) is 6.92 Å². The lowest BCUT2D eigenvalue weighted by Gasteiger charge is -2.20. The fourth-order valence-corrected chi connectivity index (χ4v) is 6.32. The summed E-state index contributed by atoms with van der Waals surface area (Å²) in [6, 6.07) is 17.0. The van der Waals surface area contributed by atoms with Crippen molar-refractivity contribution in [3.8, 4) is 23.0 Å². The zero-order valence-corrected chi connectivity index (χ0v) is 27.2. The highest BCUT2D eigenvalue weighted by atomic mass is 16.5. The van der Waals surface area contributed by atoms with Gasteiger partial charge in [0.1, 0.15) is 0 Å². The summed E-state index contributed by atoms with van der Waals surface area (Å²) in [5.41, 5.74) is 5.22. The van der Waals surface area contributed by atoms with Crippen molar-refractivity contribution >= 4 is 40.6 Å². The molecule has 0 bridgehead atoms. The van der Waals surface area contributed by atoms with E-state index in [1.165, 1.54) is 0 Å². The van der Waals surface area contributed by atoms with Gasteiger partial charge in [-0.2, -0.15) is 0 Å². The van der Waals surface area contributed by atoms with Gasteiger partial charge in [0.15, 0.2) is 28.8 Å². The number of ketones is 1. The highest BCUT2D eigenvalue weighted by molar-refractivity contribution is 6.10. The minimum absolute atomic E-state index is 0.0248. The van der Waals surface area contributed by atoms with E-state index in [0.717, 1.165) is 53.5 Å². The molecule has 1 saturated heterocycles. The molecule has 3 aromatic carbocycles. The number of carbonyl (C=O) groups is 2. The van der Waals surface area contributed by atoms with Crippen molar-refractivity contribution < 1.29 is 28.5 Å². The van der Waals surface area contributed by atoms with Crippen molar-refractivity contribution in [2.75, 3.05) is 34.0 Å². The monoisotopic (exact) mass is 633 g/mol. The molecule has 3 heterocycles. The Labute approximate surface area is 274 Å². The Balaban J connectivity index is 1.07. The van der Waals surface area contributed by atoms with Crippen LogP contribution in [0.15, 0.2) is 65.7 Å². The van der Waals surface area contributed by atoms with Crippen molar-refractivity contribution in [1.82, 2.24) is 9.88 Å². The van der Waals surface area contributed by atoms with Crippen LogP contribution in [0.25, 0.3) is 17.0 Å². The van der Waals surface area contributed by atoms with E-state index >= 15 is 0 Å². The van der Waals surface area contributed by atoms with E-state index in [1.807, 2.05) is 60.5 Å². The number of carbonyl (C=O) groups excluding carboxylic acids is 2. The lowest BCUT2D eigenvalue weighted by atomic mass is 9.95. The third-order valence-electron chi connectivity index (χ3n) is 8.66. The number of hydrogen-bond donors (Lipinski definition) is 0. The summed E-state index contributed by atoms with van der Waals surface area (Å²) in [5, 5.41) is 1.01. The van der Waals surface area contributed by atoms with Gasteiger partial charge in [-0.05, 0) is 67.7 Å². The van der Waals surface area contributed by atoms with Gasteiger partial charge in [-0.25, -0.2) is 0 Å². The quantitative estimate of drug-likeness (QED) is 0.0925. The van der Waals surface area contributed by atoms with Crippen LogP contribution in [0.3, 0.4) is 0 Å². The van der Waals surface area contributed by atoms with Crippen LogP contribution in [-0.4, -0.2) is 67.8 Å². The number of nitrogens with zero attached hydrogens (tertiary/aromatic N) is 3. The highest BCUT2D eigenvalue weighted by Gasteiger charge is 2.32. The Kier molecular flexibility index (Phi) is 9.52.